The first-order valence-electron chi connectivity index (χ1n) is 21.5. The quantitative estimate of drug-likeness (QED) is 0.0298. The van der Waals surface area contributed by atoms with Crippen molar-refractivity contribution in [1.82, 2.24) is 42.1 Å². The number of carboxylic acids is 2. The second-order valence-electron chi connectivity index (χ2n) is 16.0. The molecule has 0 bridgehead atoms. The second kappa shape index (κ2) is 30.0. The smallest absolute Gasteiger partial charge is 0.328 e. The largest absolute Gasteiger partial charge is 0.481 e. The maximum absolute atomic E-state index is 14.1. The molecule has 30 heteroatoms. The summed E-state index contributed by atoms with van der Waals surface area (Å²) in [7, 11) is 0. The van der Waals surface area contributed by atoms with Crippen LogP contribution in [0.5, 0.6) is 0 Å². The minimum Gasteiger partial charge on any atom is -0.481 e. The molecule has 388 valence electrons. The van der Waals surface area contributed by atoms with Gasteiger partial charge in [0.05, 0.1) is 38.5 Å². The van der Waals surface area contributed by atoms with Crippen LogP contribution in [0, 0.1) is 5.92 Å². The Morgan fingerprint density at radius 3 is 1.54 bits per heavy atom. The lowest BCUT2D eigenvalue weighted by Gasteiger charge is -2.31. The molecule has 29 nitrogen and oxygen atoms in total. The summed E-state index contributed by atoms with van der Waals surface area (Å²) in [4.78, 5) is 167. The van der Waals surface area contributed by atoms with Gasteiger partial charge in [0.15, 0.2) is 0 Å². The molecule has 0 radical (unpaired) electrons. The fourth-order valence-corrected chi connectivity index (χ4v) is 7.02. The number of carboxylic acid groups (broad SMARTS) is 2. The van der Waals surface area contributed by atoms with E-state index in [2.05, 4.69) is 26.6 Å². The highest BCUT2D eigenvalue weighted by Gasteiger charge is 2.41. The SMILES string of the molecule is CC[C@H](C)[C@H](N)C(=O)N[C@@H](CC(=O)O)C(=O)N[C@@H](CCSC)C(=O)N[C@@H](CC(N)=O)C(=O)N[C@@H](CCC(N)=O)C(=O)N1CCC[C@H]1C(=O)N[C@@H](CC(N)=O)C(=O)N[C@@H](CO)C(=O)N[C@@H](CO)C(=O)O. The first-order chi connectivity index (χ1) is 32.3. The molecule has 1 rings (SSSR count). The van der Waals surface area contributed by atoms with Crippen molar-refractivity contribution in [2.24, 2.45) is 28.9 Å². The molecule has 0 aromatic carbocycles. The van der Waals surface area contributed by atoms with Crippen molar-refractivity contribution < 1.29 is 82.8 Å². The number of likely N-dealkylation sites (tertiary alicyclic amines) is 1. The van der Waals surface area contributed by atoms with Crippen LogP contribution in [-0.4, -0.2) is 188 Å². The molecule has 1 fully saturated rings. The number of amides is 11. The van der Waals surface area contributed by atoms with E-state index in [1.54, 1.807) is 20.1 Å². The molecule has 0 saturated carbocycles. The number of aliphatic hydroxyl groups is 2. The molecule has 19 N–H and O–H groups in total. The van der Waals surface area contributed by atoms with Crippen molar-refractivity contribution in [3.05, 3.63) is 0 Å². The molecule has 0 spiro atoms. The van der Waals surface area contributed by atoms with Crippen molar-refractivity contribution in [2.75, 3.05) is 31.8 Å². The van der Waals surface area contributed by atoms with Gasteiger partial charge < -0.3 is 85.5 Å². The number of hydrogen-bond acceptors (Lipinski definition) is 17. The lowest BCUT2D eigenvalue weighted by molar-refractivity contribution is -0.144. The van der Waals surface area contributed by atoms with Gasteiger partial charge in [-0.2, -0.15) is 11.8 Å². The second-order valence-corrected chi connectivity index (χ2v) is 16.9. The van der Waals surface area contributed by atoms with E-state index >= 15 is 0 Å². The molecule has 0 aromatic rings. The minimum atomic E-state index is -1.86. The number of carbonyl (C=O) groups excluding carboxylic acids is 11. The summed E-state index contributed by atoms with van der Waals surface area (Å²) in [6.07, 6.45) is -1.60. The summed E-state index contributed by atoms with van der Waals surface area (Å²) < 4.78 is 0. The van der Waals surface area contributed by atoms with Crippen LogP contribution in [0.1, 0.15) is 71.6 Å². The van der Waals surface area contributed by atoms with E-state index in [0.29, 0.717) is 6.42 Å². The number of thioether (sulfide) groups is 1. The van der Waals surface area contributed by atoms with E-state index < -0.39 is 177 Å². The molecule has 1 heterocycles. The third kappa shape index (κ3) is 20.6. The van der Waals surface area contributed by atoms with Crippen molar-refractivity contribution in [3.8, 4) is 0 Å². The predicted octanol–water partition coefficient (Wildman–Crippen LogP) is -7.94. The van der Waals surface area contributed by atoms with E-state index in [9.17, 15) is 77.6 Å². The van der Waals surface area contributed by atoms with Gasteiger partial charge in [0.2, 0.25) is 65.0 Å². The predicted molar refractivity (Wildman–Crippen MR) is 239 cm³/mol. The number of rotatable bonds is 32. The van der Waals surface area contributed by atoms with Gasteiger partial charge in [-0.1, -0.05) is 20.3 Å². The van der Waals surface area contributed by atoms with Crippen LogP contribution >= 0.6 is 11.8 Å². The minimum absolute atomic E-state index is 0.0659. The normalized spacial score (nSPS) is 17.1. The number of carbonyl (C=O) groups is 13. The standard InChI is InChI=1S/C39H64N12O17S/c1-4-17(2)30(43)37(65)48-22(14-29(57)58)34(62)44-18(9-11-69-3)31(59)46-20(12-27(41)55)32(60)45-19(7-8-26(40)54)38(66)51-10-5-6-25(51)36(64)47-21(13-28(42)56)33(61)49-23(15-52)35(63)50-24(16-53)39(67)68/h17-25,30,52-53H,4-16,43H2,1-3H3,(H2,40,54)(H2,41,55)(H2,42,56)(H,44,62)(H,45,60)(H,46,59)(H,47,64)(H,48,65)(H,49,61)(H,50,63)(H,57,58)(H,67,68)/t17-,18-,19-,20-,21-,22-,23-,24-,25-,30-/m0/s1. The van der Waals surface area contributed by atoms with Crippen molar-refractivity contribution >= 4 is 88.7 Å². The van der Waals surface area contributed by atoms with Gasteiger partial charge >= 0.3 is 11.9 Å². The molecular weight excluding hydrogens is 941 g/mol. The highest BCUT2D eigenvalue weighted by Crippen LogP contribution is 2.21. The Kier molecular flexibility index (Phi) is 26.2. The Balaban J connectivity index is 3.42. The summed E-state index contributed by atoms with van der Waals surface area (Å²) in [6, 6.07) is -14.8. The third-order valence-electron chi connectivity index (χ3n) is 10.6. The van der Waals surface area contributed by atoms with Gasteiger partial charge in [-0.25, -0.2) is 4.79 Å². The Labute approximate surface area is 399 Å². The lowest BCUT2D eigenvalue weighted by Crippen LogP contribution is -2.61. The number of aliphatic hydroxyl groups excluding tert-OH is 2. The van der Waals surface area contributed by atoms with E-state index in [1.165, 1.54) is 11.8 Å². The van der Waals surface area contributed by atoms with Gasteiger partial charge in [-0.15, -0.1) is 0 Å². The van der Waals surface area contributed by atoms with Crippen LogP contribution in [0.15, 0.2) is 0 Å². The van der Waals surface area contributed by atoms with Gasteiger partial charge in [0, 0.05) is 13.0 Å². The first kappa shape index (κ1) is 60.4. The molecule has 0 aliphatic carbocycles. The topological polar surface area (TPSA) is 494 Å². The zero-order chi connectivity index (χ0) is 52.7. The lowest BCUT2D eigenvalue weighted by atomic mass is 9.99. The van der Waals surface area contributed by atoms with Gasteiger partial charge in [0.1, 0.15) is 48.3 Å². The monoisotopic (exact) mass is 1000 g/mol. The molecular formula is C39H64N12O17S. The number of aliphatic carboxylic acids is 2. The molecule has 11 amide bonds. The van der Waals surface area contributed by atoms with Crippen LogP contribution in [0.4, 0.5) is 0 Å². The highest BCUT2D eigenvalue weighted by molar-refractivity contribution is 7.98. The molecule has 1 aliphatic rings. The van der Waals surface area contributed by atoms with E-state index in [4.69, 9.17) is 28.0 Å². The van der Waals surface area contributed by atoms with Gasteiger partial charge in [-0.05, 0) is 43.6 Å². The summed E-state index contributed by atoms with van der Waals surface area (Å²) in [5.41, 5.74) is 22.0. The Morgan fingerprint density at radius 1 is 0.609 bits per heavy atom. The van der Waals surface area contributed by atoms with E-state index in [1.807, 2.05) is 10.6 Å². The molecule has 1 saturated heterocycles. The highest BCUT2D eigenvalue weighted by atomic mass is 32.2. The maximum Gasteiger partial charge on any atom is 0.328 e. The average molecular weight is 1010 g/mol. The number of primary amides is 3. The van der Waals surface area contributed by atoms with Crippen LogP contribution in [0.3, 0.4) is 0 Å². The van der Waals surface area contributed by atoms with Gasteiger partial charge in [-0.3, -0.25) is 57.5 Å². The van der Waals surface area contributed by atoms with E-state index in [0.717, 1.165) is 4.90 Å². The zero-order valence-corrected chi connectivity index (χ0v) is 39.0. The number of hydrogen-bond donors (Lipinski definition) is 15. The van der Waals surface area contributed by atoms with Crippen LogP contribution in [-0.2, 0) is 62.3 Å². The Bertz CT molecular complexity index is 1910. The van der Waals surface area contributed by atoms with Crippen LogP contribution in [0.25, 0.3) is 0 Å². The summed E-state index contributed by atoms with van der Waals surface area (Å²) in [5, 5.41) is 52.9. The first-order valence-corrected chi connectivity index (χ1v) is 22.9. The van der Waals surface area contributed by atoms with Crippen molar-refractivity contribution in [3.63, 3.8) is 0 Å². The van der Waals surface area contributed by atoms with Crippen molar-refractivity contribution in [1.29, 1.82) is 0 Å². The molecule has 1 aliphatic heterocycles. The number of nitrogens with one attached hydrogen (secondary N) is 7. The summed E-state index contributed by atoms with van der Waals surface area (Å²) >= 11 is 1.24. The Hall–Kier alpha value is -6.66. The fraction of sp³-hybridized carbons (Fsp3) is 0.667. The maximum atomic E-state index is 14.1. The fourth-order valence-electron chi connectivity index (χ4n) is 6.55. The third-order valence-corrected chi connectivity index (χ3v) is 11.3. The number of nitrogens with zero attached hydrogens (tertiary/aromatic N) is 1. The van der Waals surface area contributed by atoms with Crippen molar-refractivity contribution in [2.45, 2.75) is 126 Å². The molecule has 69 heavy (non-hydrogen) atoms. The summed E-state index contributed by atoms with van der Waals surface area (Å²) in [5.74, 6) is -15.3. The van der Waals surface area contributed by atoms with Gasteiger partial charge in [0.25, 0.3) is 0 Å². The molecule has 0 aromatic heterocycles. The number of nitrogens with two attached hydrogens (primary N) is 4. The van der Waals surface area contributed by atoms with E-state index in [-0.39, 0.29) is 37.5 Å². The zero-order valence-electron chi connectivity index (χ0n) is 38.2. The average Bonchev–Trinajstić information content (AvgIpc) is 3.78. The molecule has 10 atom stereocenters. The van der Waals surface area contributed by atoms with Crippen LogP contribution < -0.4 is 60.2 Å². The van der Waals surface area contributed by atoms with Crippen LogP contribution in [0.2, 0.25) is 0 Å². The summed E-state index contributed by atoms with van der Waals surface area (Å²) in [6.45, 7) is 1.11. The molecule has 0 unspecified atom stereocenters. The Morgan fingerprint density at radius 2 is 1.06 bits per heavy atom.